The van der Waals surface area contributed by atoms with E-state index in [0.29, 0.717) is 5.92 Å². The van der Waals surface area contributed by atoms with E-state index in [4.69, 9.17) is 20.7 Å². The van der Waals surface area contributed by atoms with Crippen LogP contribution >= 0.6 is 0 Å². The maximum absolute atomic E-state index is 8.56. The minimum atomic E-state index is -1.83. The SMILES string of the molecule is CCCCCCCCC(C)C(C)(C)N.O=C(O)O. The Hall–Kier alpha value is -0.770. The summed E-state index contributed by atoms with van der Waals surface area (Å²) in [5, 5.41) is 13.9. The molecule has 0 aliphatic carbocycles. The van der Waals surface area contributed by atoms with Crippen LogP contribution in [0.2, 0.25) is 0 Å². The van der Waals surface area contributed by atoms with Crippen LogP contribution in [0.25, 0.3) is 0 Å². The molecular weight excluding hydrogens is 230 g/mol. The second-order valence-electron chi connectivity index (χ2n) is 5.56. The van der Waals surface area contributed by atoms with Gasteiger partial charge in [0, 0.05) is 5.54 Å². The number of unbranched alkanes of at least 4 members (excludes halogenated alkanes) is 5. The molecule has 0 amide bonds. The van der Waals surface area contributed by atoms with Crippen LogP contribution in [0.4, 0.5) is 4.79 Å². The minimum Gasteiger partial charge on any atom is -0.450 e. The van der Waals surface area contributed by atoms with Gasteiger partial charge in [-0.15, -0.1) is 0 Å². The number of carbonyl (C=O) groups is 1. The molecule has 4 nitrogen and oxygen atoms in total. The molecule has 0 saturated carbocycles. The monoisotopic (exact) mass is 261 g/mol. The Morgan fingerprint density at radius 2 is 1.50 bits per heavy atom. The van der Waals surface area contributed by atoms with Crippen LogP contribution in [0.5, 0.6) is 0 Å². The highest BCUT2D eigenvalue weighted by Crippen LogP contribution is 2.20. The van der Waals surface area contributed by atoms with Gasteiger partial charge < -0.3 is 15.9 Å². The summed E-state index contributed by atoms with van der Waals surface area (Å²) >= 11 is 0. The summed E-state index contributed by atoms with van der Waals surface area (Å²) < 4.78 is 0. The molecule has 4 heteroatoms. The van der Waals surface area contributed by atoms with Crippen LogP contribution in [0.15, 0.2) is 0 Å². The van der Waals surface area contributed by atoms with E-state index in [2.05, 4.69) is 27.7 Å². The number of hydrogen-bond donors (Lipinski definition) is 3. The first-order chi connectivity index (χ1) is 8.21. The van der Waals surface area contributed by atoms with Crippen LogP contribution in [0.3, 0.4) is 0 Å². The van der Waals surface area contributed by atoms with Gasteiger partial charge in [-0.1, -0.05) is 52.4 Å². The highest BCUT2D eigenvalue weighted by atomic mass is 16.6. The Morgan fingerprint density at radius 3 is 1.89 bits per heavy atom. The zero-order chi connectivity index (χ0) is 14.6. The van der Waals surface area contributed by atoms with Crippen molar-refractivity contribution in [2.45, 2.75) is 78.2 Å². The maximum atomic E-state index is 8.56. The Labute approximate surface area is 112 Å². The molecule has 110 valence electrons. The lowest BCUT2D eigenvalue weighted by molar-refractivity contribution is 0.137. The highest BCUT2D eigenvalue weighted by molar-refractivity contribution is 5.53. The van der Waals surface area contributed by atoms with Crippen molar-refractivity contribution in [3.05, 3.63) is 0 Å². The van der Waals surface area contributed by atoms with Crippen molar-refractivity contribution >= 4 is 6.16 Å². The molecule has 0 spiro atoms. The molecule has 18 heavy (non-hydrogen) atoms. The quantitative estimate of drug-likeness (QED) is 0.568. The summed E-state index contributed by atoms with van der Waals surface area (Å²) in [6, 6.07) is 0. The molecule has 0 rings (SSSR count). The normalized spacial score (nSPS) is 12.5. The second kappa shape index (κ2) is 11.3. The fraction of sp³-hybridized carbons (Fsp3) is 0.929. The van der Waals surface area contributed by atoms with Crippen LogP contribution in [-0.2, 0) is 0 Å². The van der Waals surface area contributed by atoms with Gasteiger partial charge in [-0.05, 0) is 26.2 Å². The molecule has 0 heterocycles. The van der Waals surface area contributed by atoms with E-state index in [9.17, 15) is 0 Å². The zero-order valence-electron chi connectivity index (χ0n) is 12.4. The van der Waals surface area contributed by atoms with Gasteiger partial charge in [0.05, 0.1) is 0 Å². The molecule has 0 aromatic rings. The molecule has 1 atom stereocenters. The topological polar surface area (TPSA) is 83.6 Å². The van der Waals surface area contributed by atoms with Crippen LogP contribution in [-0.4, -0.2) is 21.9 Å². The standard InChI is InChI=1S/C13H29N.CH2O3/c1-5-6-7-8-9-10-11-12(2)13(3,4)14;2-1(3)4/h12H,5-11,14H2,1-4H3;(H2,2,3,4). The fourth-order valence-electron chi connectivity index (χ4n) is 1.60. The van der Waals surface area contributed by atoms with Crippen molar-refractivity contribution in [1.29, 1.82) is 0 Å². The van der Waals surface area contributed by atoms with Crippen LogP contribution < -0.4 is 5.73 Å². The first-order valence-electron chi connectivity index (χ1n) is 6.92. The molecule has 0 aliphatic heterocycles. The predicted molar refractivity (Wildman–Crippen MR) is 76.1 cm³/mol. The Balaban J connectivity index is 0. The van der Waals surface area contributed by atoms with E-state index in [1.807, 2.05) is 0 Å². The summed E-state index contributed by atoms with van der Waals surface area (Å²) in [7, 11) is 0. The molecule has 0 aliphatic rings. The van der Waals surface area contributed by atoms with E-state index < -0.39 is 6.16 Å². The van der Waals surface area contributed by atoms with Crippen molar-refractivity contribution in [3.63, 3.8) is 0 Å². The van der Waals surface area contributed by atoms with E-state index in [0.717, 1.165) is 0 Å². The third kappa shape index (κ3) is 17.6. The molecule has 0 aromatic carbocycles. The van der Waals surface area contributed by atoms with Gasteiger partial charge >= 0.3 is 6.16 Å². The van der Waals surface area contributed by atoms with E-state index in [1.54, 1.807) is 0 Å². The van der Waals surface area contributed by atoms with Crippen molar-refractivity contribution in [1.82, 2.24) is 0 Å². The third-order valence-corrected chi connectivity index (χ3v) is 3.26. The van der Waals surface area contributed by atoms with Gasteiger partial charge in [0.15, 0.2) is 0 Å². The Morgan fingerprint density at radius 1 is 1.11 bits per heavy atom. The number of hydrogen-bond acceptors (Lipinski definition) is 2. The maximum Gasteiger partial charge on any atom is 0.503 e. The summed E-state index contributed by atoms with van der Waals surface area (Å²) in [4.78, 5) is 8.56. The van der Waals surface area contributed by atoms with Gasteiger partial charge in [0.1, 0.15) is 0 Å². The van der Waals surface area contributed by atoms with E-state index in [-0.39, 0.29) is 5.54 Å². The predicted octanol–water partition coefficient (Wildman–Crippen LogP) is 4.33. The summed E-state index contributed by atoms with van der Waals surface area (Å²) in [6.45, 7) is 8.80. The van der Waals surface area contributed by atoms with Crippen LogP contribution in [0, 0.1) is 5.92 Å². The molecular formula is C14H31NO3. The van der Waals surface area contributed by atoms with E-state index >= 15 is 0 Å². The molecule has 0 aromatic heterocycles. The first kappa shape index (κ1) is 19.6. The molecule has 0 radical (unpaired) electrons. The summed E-state index contributed by atoms with van der Waals surface area (Å²) in [5.74, 6) is 0.647. The Kier molecular flexibility index (Phi) is 12.3. The second-order valence-corrected chi connectivity index (χ2v) is 5.56. The van der Waals surface area contributed by atoms with Gasteiger partial charge in [-0.3, -0.25) is 0 Å². The van der Waals surface area contributed by atoms with Crippen LogP contribution in [0.1, 0.15) is 72.6 Å². The highest BCUT2D eigenvalue weighted by Gasteiger charge is 2.19. The third-order valence-electron chi connectivity index (χ3n) is 3.26. The number of carboxylic acid groups (broad SMARTS) is 2. The lowest BCUT2D eigenvalue weighted by atomic mass is 9.86. The van der Waals surface area contributed by atoms with Gasteiger partial charge in [0.2, 0.25) is 0 Å². The largest absolute Gasteiger partial charge is 0.503 e. The lowest BCUT2D eigenvalue weighted by Crippen LogP contribution is -2.39. The fourth-order valence-corrected chi connectivity index (χ4v) is 1.60. The van der Waals surface area contributed by atoms with Gasteiger partial charge in [-0.25, -0.2) is 4.79 Å². The molecule has 1 unspecified atom stereocenters. The average molecular weight is 261 g/mol. The minimum absolute atomic E-state index is 0.00339. The molecule has 0 saturated heterocycles. The van der Waals surface area contributed by atoms with Crippen molar-refractivity contribution in [2.75, 3.05) is 0 Å². The summed E-state index contributed by atoms with van der Waals surface area (Å²) in [6.07, 6.45) is 7.76. The zero-order valence-corrected chi connectivity index (χ0v) is 12.4. The smallest absolute Gasteiger partial charge is 0.450 e. The van der Waals surface area contributed by atoms with E-state index in [1.165, 1.54) is 44.9 Å². The first-order valence-corrected chi connectivity index (χ1v) is 6.92. The van der Waals surface area contributed by atoms with Gasteiger partial charge in [-0.2, -0.15) is 0 Å². The van der Waals surface area contributed by atoms with Crippen molar-refractivity contribution < 1.29 is 15.0 Å². The Bertz CT molecular complexity index is 196. The molecule has 0 fully saturated rings. The molecule has 0 bridgehead atoms. The van der Waals surface area contributed by atoms with Crippen molar-refractivity contribution in [3.8, 4) is 0 Å². The summed E-state index contributed by atoms with van der Waals surface area (Å²) in [5.41, 5.74) is 6.04. The number of rotatable bonds is 8. The number of nitrogens with two attached hydrogens (primary N) is 1. The molecule has 4 N–H and O–H groups in total. The lowest BCUT2D eigenvalue weighted by Gasteiger charge is -2.27. The average Bonchev–Trinajstić information content (AvgIpc) is 2.20. The van der Waals surface area contributed by atoms with Gasteiger partial charge in [0.25, 0.3) is 0 Å². The van der Waals surface area contributed by atoms with Crippen molar-refractivity contribution in [2.24, 2.45) is 11.7 Å².